The van der Waals surface area contributed by atoms with Crippen LogP contribution >= 0.6 is 11.6 Å². The van der Waals surface area contributed by atoms with Crippen molar-refractivity contribution in [1.29, 1.82) is 0 Å². The van der Waals surface area contributed by atoms with Gasteiger partial charge in [0.15, 0.2) is 0 Å². The van der Waals surface area contributed by atoms with Crippen LogP contribution in [-0.4, -0.2) is 41.1 Å². The minimum absolute atomic E-state index is 0.725. The van der Waals surface area contributed by atoms with Crippen LogP contribution in [0.3, 0.4) is 0 Å². The lowest BCUT2D eigenvalue weighted by atomic mass is 10.1. The van der Waals surface area contributed by atoms with Crippen molar-refractivity contribution < 1.29 is 0 Å². The van der Waals surface area contributed by atoms with Crippen LogP contribution in [0, 0.1) is 0 Å². The van der Waals surface area contributed by atoms with Crippen molar-refractivity contribution in [2.45, 2.75) is 0 Å². The Morgan fingerprint density at radius 2 is 1.61 bits per heavy atom. The molecule has 6 heteroatoms. The molecule has 4 heterocycles. The van der Waals surface area contributed by atoms with E-state index in [4.69, 9.17) is 16.6 Å². The van der Waals surface area contributed by atoms with Crippen LogP contribution in [-0.2, 0) is 0 Å². The van der Waals surface area contributed by atoms with Crippen LogP contribution in [0.2, 0.25) is 5.02 Å². The molecule has 0 amide bonds. The minimum Gasteiger partial charge on any atom is -0.367 e. The number of halogens is 1. The molecule has 1 fully saturated rings. The van der Waals surface area contributed by atoms with Crippen molar-refractivity contribution in [3.05, 3.63) is 89.5 Å². The van der Waals surface area contributed by atoms with Crippen LogP contribution in [0.4, 0.5) is 11.5 Å². The number of fused-ring (bicyclic) bond motifs is 1. The van der Waals surface area contributed by atoms with Gasteiger partial charge in [-0.25, -0.2) is 9.97 Å². The van der Waals surface area contributed by atoms with Crippen LogP contribution in [0.5, 0.6) is 0 Å². The van der Waals surface area contributed by atoms with E-state index in [0.717, 1.165) is 59.2 Å². The van der Waals surface area contributed by atoms with E-state index in [0.29, 0.717) is 0 Å². The summed E-state index contributed by atoms with van der Waals surface area (Å²) in [5.41, 5.74) is 4.14. The number of benzene rings is 1. The van der Waals surface area contributed by atoms with Crippen LogP contribution in [0.15, 0.2) is 73.2 Å². The maximum atomic E-state index is 6.33. The first-order valence-corrected chi connectivity index (χ1v) is 10.7. The monoisotopic (exact) mass is 427 g/mol. The standard InChI is InChI=1S/C25H22ClN5/c26-20-5-7-23-22(17-20)24(18-21(29-23)6-4-19-8-11-27-12-9-19)30-13-15-31(16-14-30)25-3-1-2-10-28-25/h1-12,17-18H,13-16H2/b6-4+. The number of pyridine rings is 3. The first-order chi connectivity index (χ1) is 15.3. The van der Waals surface area contributed by atoms with Gasteiger partial charge in [0, 0.05) is 60.9 Å². The Hall–Kier alpha value is -3.44. The number of rotatable bonds is 4. The molecule has 154 valence electrons. The van der Waals surface area contributed by atoms with E-state index in [2.05, 4.69) is 44.1 Å². The Labute approximate surface area is 186 Å². The molecule has 0 atom stereocenters. The molecule has 1 aromatic carbocycles. The van der Waals surface area contributed by atoms with Crippen molar-refractivity contribution in [3.63, 3.8) is 0 Å². The molecule has 0 saturated carbocycles. The molecule has 5 rings (SSSR count). The topological polar surface area (TPSA) is 45.2 Å². The Morgan fingerprint density at radius 1 is 0.806 bits per heavy atom. The Kier molecular flexibility index (Phi) is 5.50. The van der Waals surface area contributed by atoms with Gasteiger partial charge in [0.2, 0.25) is 0 Å². The van der Waals surface area contributed by atoms with Gasteiger partial charge in [-0.15, -0.1) is 0 Å². The molecule has 4 aromatic rings. The Morgan fingerprint density at radius 3 is 2.39 bits per heavy atom. The number of nitrogens with zero attached hydrogens (tertiary/aromatic N) is 5. The van der Waals surface area contributed by atoms with Gasteiger partial charge in [-0.2, -0.15) is 0 Å². The first kappa shape index (κ1) is 19.5. The minimum atomic E-state index is 0.725. The molecule has 1 aliphatic heterocycles. The molecule has 0 radical (unpaired) electrons. The van der Waals surface area contributed by atoms with Gasteiger partial charge >= 0.3 is 0 Å². The molecule has 0 bridgehead atoms. The van der Waals surface area contributed by atoms with Gasteiger partial charge in [-0.1, -0.05) is 23.7 Å². The first-order valence-electron chi connectivity index (χ1n) is 10.4. The predicted molar refractivity (Wildman–Crippen MR) is 129 cm³/mol. The molecule has 5 nitrogen and oxygen atoms in total. The van der Waals surface area contributed by atoms with E-state index in [-0.39, 0.29) is 0 Å². The third-order valence-corrected chi connectivity index (χ3v) is 5.75. The lowest BCUT2D eigenvalue weighted by Gasteiger charge is -2.37. The molecule has 0 spiro atoms. The second-order valence-electron chi connectivity index (χ2n) is 7.50. The maximum Gasteiger partial charge on any atom is 0.128 e. The smallest absolute Gasteiger partial charge is 0.128 e. The number of anilines is 2. The van der Waals surface area contributed by atoms with E-state index >= 15 is 0 Å². The van der Waals surface area contributed by atoms with Crippen molar-refractivity contribution >= 4 is 46.2 Å². The fourth-order valence-electron chi connectivity index (χ4n) is 3.92. The van der Waals surface area contributed by atoms with E-state index in [1.54, 1.807) is 12.4 Å². The van der Waals surface area contributed by atoms with Gasteiger partial charge in [0.1, 0.15) is 5.82 Å². The van der Waals surface area contributed by atoms with Crippen molar-refractivity contribution in [3.8, 4) is 0 Å². The SMILES string of the molecule is Clc1ccc2nc(/C=C/c3ccncc3)cc(N3CCN(c4ccccn4)CC3)c2c1. The summed E-state index contributed by atoms with van der Waals surface area (Å²) in [6, 6.07) is 18.1. The summed E-state index contributed by atoms with van der Waals surface area (Å²) in [5, 5.41) is 1.81. The average Bonchev–Trinajstić information content (AvgIpc) is 2.84. The van der Waals surface area contributed by atoms with Gasteiger partial charge in [0.05, 0.1) is 11.2 Å². The zero-order chi connectivity index (χ0) is 21.0. The van der Waals surface area contributed by atoms with Gasteiger partial charge in [0.25, 0.3) is 0 Å². The fourth-order valence-corrected chi connectivity index (χ4v) is 4.09. The molecule has 3 aromatic heterocycles. The second-order valence-corrected chi connectivity index (χ2v) is 7.94. The summed E-state index contributed by atoms with van der Waals surface area (Å²) in [6.45, 7) is 3.67. The lowest BCUT2D eigenvalue weighted by Crippen LogP contribution is -2.46. The molecular formula is C25H22ClN5. The number of hydrogen-bond acceptors (Lipinski definition) is 5. The zero-order valence-corrected chi connectivity index (χ0v) is 17.8. The predicted octanol–water partition coefficient (Wildman–Crippen LogP) is 5.18. The molecule has 0 unspecified atom stereocenters. The summed E-state index contributed by atoms with van der Waals surface area (Å²) < 4.78 is 0. The van der Waals surface area contributed by atoms with Crippen molar-refractivity contribution in [1.82, 2.24) is 15.0 Å². The third kappa shape index (κ3) is 4.37. The normalized spacial score (nSPS) is 14.5. The molecular weight excluding hydrogens is 406 g/mol. The van der Waals surface area contributed by atoms with E-state index in [1.807, 2.05) is 48.7 Å². The molecule has 0 aliphatic carbocycles. The molecule has 1 saturated heterocycles. The highest BCUT2D eigenvalue weighted by Gasteiger charge is 2.20. The highest BCUT2D eigenvalue weighted by atomic mass is 35.5. The summed E-state index contributed by atoms with van der Waals surface area (Å²) in [5.74, 6) is 1.03. The summed E-state index contributed by atoms with van der Waals surface area (Å²) in [6.07, 6.45) is 9.55. The summed E-state index contributed by atoms with van der Waals surface area (Å²) in [4.78, 5) is 18.2. The number of aromatic nitrogens is 3. The Bertz CT molecular complexity index is 1200. The van der Waals surface area contributed by atoms with Gasteiger partial charge in [-0.3, -0.25) is 4.98 Å². The van der Waals surface area contributed by atoms with E-state index < -0.39 is 0 Å². The quantitative estimate of drug-likeness (QED) is 0.449. The Balaban J connectivity index is 1.45. The second kappa shape index (κ2) is 8.74. The van der Waals surface area contributed by atoms with Crippen LogP contribution in [0.25, 0.3) is 23.1 Å². The van der Waals surface area contributed by atoms with E-state index in [9.17, 15) is 0 Å². The highest BCUT2D eigenvalue weighted by Crippen LogP contribution is 2.31. The van der Waals surface area contributed by atoms with Crippen molar-refractivity contribution in [2.24, 2.45) is 0 Å². The summed E-state index contributed by atoms with van der Waals surface area (Å²) >= 11 is 6.33. The van der Waals surface area contributed by atoms with E-state index in [1.165, 1.54) is 5.69 Å². The van der Waals surface area contributed by atoms with Crippen LogP contribution < -0.4 is 9.80 Å². The largest absolute Gasteiger partial charge is 0.367 e. The van der Waals surface area contributed by atoms with Gasteiger partial charge < -0.3 is 9.80 Å². The fraction of sp³-hybridized carbons (Fsp3) is 0.160. The number of piperazine rings is 1. The number of hydrogen-bond donors (Lipinski definition) is 0. The lowest BCUT2D eigenvalue weighted by molar-refractivity contribution is 0.649. The highest BCUT2D eigenvalue weighted by molar-refractivity contribution is 6.31. The molecule has 31 heavy (non-hydrogen) atoms. The molecule has 0 N–H and O–H groups in total. The maximum absolute atomic E-state index is 6.33. The third-order valence-electron chi connectivity index (χ3n) is 5.51. The average molecular weight is 428 g/mol. The van der Waals surface area contributed by atoms with Crippen molar-refractivity contribution in [2.75, 3.05) is 36.0 Å². The molecule has 1 aliphatic rings. The summed E-state index contributed by atoms with van der Waals surface area (Å²) in [7, 11) is 0. The van der Waals surface area contributed by atoms with Gasteiger partial charge in [-0.05, 0) is 60.2 Å². The van der Waals surface area contributed by atoms with Crippen LogP contribution in [0.1, 0.15) is 11.3 Å². The zero-order valence-electron chi connectivity index (χ0n) is 17.0.